The van der Waals surface area contributed by atoms with Crippen molar-refractivity contribution >= 4 is 40.5 Å². The van der Waals surface area contributed by atoms with Gasteiger partial charge in [-0.2, -0.15) is 5.10 Å². The minimum atomic E-state index is -0.529. The maximum absolute atomic E-state index is 12.6. The van der Waals surface area contributed by atoms with Crippen LogP contribution in [0.5, 0.6) is 11.5 Å². The first-order valence-corrected chi connectivity index (χ1v) is 10.4. The van der Waals surface area contributed by atoms with E-state index < -0.39 is 5.97 Å². The largest absolute Gasteiger partial charge is 0.497 e. The molecule has 0 unspecified atom stereocenters. The fourth-order valence-corrected chi connectivity index (χ4v) is 3.33. The van der Waals surface area contributed by atoms with Gasteiger partial charge in [0, 0.05) is 16.1 Å². The van der Waals surface area contributed by atoms with Gasteiger partial charge in [-0.05, 0) is 65.4 Å². The number of hydrogen-bond donors (Lipinski definition) is 1. The Hall–Kier alpha value is -4.16. The van der Waals surface area contributed by atoms with Gasteiger partial charge in [0.2, 0.25) is 0 Å². The molecule has 0 radical (unpaired) electrons. The number of ether oxygens (including phenoxy) is 2. The molecule has 33 heavy (non-hydrogen) atoms. The molecule has 0 fully saturated rings. The Morgan fingerprint density at radius 3 is 2.30 bits per heavy atom. The van der Waals surface area contributed by atoms with Gasteiger partial charge in [-0.15, -0.1) is 0 Å². The van der Waals surface area contributed by atoms with Gasteiger partial charge in [0.15, 0.2) is 0 Å². The summed E-state index contributed by atoms with van der Waals surface area (Å²) >= 11 is 5.90. The van der Waals surface area contributed by atoms with Gasteiger partial charge < -0.3 is 9.47 Å². The molecule has 4 aromatic rings. The summed E-state index contributed by atoms with van der Waals surface area (Å²) in [5, 5.41) is 6.38. The van der Waals surface area contributed by atoms with E-state index in [-0.39, 0.29) is 5.91 Å². The average molecular weight is 459 g/mol. The van der Waals surface area contributed by atoms with Crippen molar-refractivity contribution in [2.75, 3.05) is 7.11 Å². The fraction of sp³-hybridized carbons (Fsp3) is 0.0385. The van der Waals surface area contributed by atoms with E-state index in [2.05, 4.69) is 10.5 Å². The van der Waals surface area contributed by atoms with Gasteiger partial charge in [-0.25, -0.2) is 10.2 Å². The number of nitrogens with zero attached hydrogens (tertiary/aromatic N) is 1. The van der Waals surface area contributed by atoms with Crippen LogP contribution in [0.1, 0.15) is 26.3 Å². The second kappa shape index (κ2) is 9.97. The first kappa shape index (κ1) is 22.0. The molecule has 0 spiro atoms. The predicted octanol–water partition coefficient (Wildman–Crippen LogP) is 5.48. The Morgan fingerprint density at radius 1 is 0.879 bits per heavy atom. The lowest BCUT2D eigenvalue weighted by atomic mass is 10.0. The van der Waals surface area contributed by atoms with E-state index >= 15 is 0 Å². The molecule has 164 valence electrons. The second-order valence-electron chi connectivity index (χ2n) is 7.02. The lowest BCUT2D eigenvalue weighted by molar-refractivity contribution is 0.0734. The summed E-state index contributed by atoms with van der Waals surface area (Å²) < 4.78 is 10.7. The third-order valence-electron chi connectivity index (χ3n) is 4.93. The molecular weight excluding hydrogens is 440 g/mol. The second-order valence-corrected chi connectivity index (χ2v) is 7.46. The Balaban J connectivity index is 1.60. The van der Waals surface area contributed by atoms with Crippen LogP contribution in [0.4, 0.5) is 0 Å². The Bertz CT molecular complexity index is 1330. The molecule has 0 aliphatic heterocycles. The fourth-order valence-electron chi connectivity index (χ4n) is 3.20. The molecular formula is C26H19ClN2O4. The third kappa shape index (κ3) is 5.19. The van der Waals surface area contributed by atoms with Crippen LogP contribution in [0.25, 0.3) is 10.8 Å². The van der Waals surface area contributed by atoms with Crippen molar-refractivity contribution < 1.29 is 19.1 Å². The number of hydrazone groups is 1. The zero-order valence-electron chi connectivity index (χ0n) is 17.6. The minimum Gasteiger partial charge on any atom is -0.497 e. The van der Waals surface area contributed by atoms with Crippen LogP contribution in [0, 0.1) is 0 Å². The molecule has 6 nitrogen and oxygen atoms in total. The van der Waals surface area contributed by atoms with Crippen LogP contribution >= 0.6 is 11.6 Å². The average Bonchev–Trinajstić information content (AvgIpc) is 2.85. The van der Waals surface area contributed by atoms with Crippen molar-refractivity contribution in [2.45, 2.75) is 0 Å². The van der Waals surface area contributed by atoms with E-state index in [0.717, 1.165) is 10.8 Å². The van der Waals surface area contributed by atoms with Crippen molar-refractivity contribution in [1.29, 1.82) is 0 Å². The Labute approximate surface area is 195 Å². The highest BCUT2D eigenvalue weighted by Crippen LogP contribution is 2.27. The Morgan fingerprint density at radius 2 is 1.58 bits per heavy atom. The summed E-state index contributed by atoms with van der Waals surface area (Å²) in [6.45, 7) is 0. The van der Waals surface area contributed by atoms with Gasteiger partial charge in [0.1, 0.15) is 11.5 Å². The number of methoxy groups -OCH3 is 1. The van der Waals surface area contributed by atoms with Crippen LogP contribution in [0.15, 0.2) is 90.0 Å². The third-order valence-corrected chi connectivity index (χ3v) is 5.18. The smallest absolute Gasteiger partial charge is 0.343 e. The van der Waals surface area contributed by atoms with Gasteiger partial charge in [0.05, 0.1) is 18.9 Å². The maximum atomic E-state index is 12.6. The SMILES string of the molecule is COc1ccc(C(=O)NN=Cc2c(OC(=O)c3ccc(Cl)cc3)ccc3ccccc23)cc1. The van der Waals surface area contributed by atoms with Crippen LogP contribution in [-0.4, -0.2) is 25.2 Å². The van der Waals surface area contributed by atoms with E-state index in [9.17, 15) is 9.59 Å². The molecule has 1 N–H and O–H groups in total. The molecule has 4 aromatic carbocycles. The van der Waals surface area contributed by atoms with Crippen molar-refractivity contribution in [3.05, 3.63) is 107 Å². The molecule has 0 aliphatic carbocycles. The van der Waals surface area contributed by atoms with Gasteiger partial charge in [-0.1, -0.05) is 41.9 Å². The summed E-state index contributed by atoms with van der Waals surface area (Å²) in [6, 6.07) is 24.3. The number of halogens is 1. The number of nitrogens with one attached hydrogen (secondary N) is 1. The molecule has 0 heterocycles. The normalized spacial score (nSPS) is 10.8. The van der Waals surface area contributed by atoms with Crippen LogP contribution < -0.4 is 14.9 Å². The zero-order chi connectivity index (χ0) is 23.2. The quantitative estimate of drug-likeness (QED) is 0.179. The number of carbonyl (C=O) groups excluding carboxylic acids is 2. The molecule has 0 saturated heterocycles. The molecule has 0 bridgehead atoms. The van der Waals surface area contributed by atoms with Crippen molar-refractivity contribution in [1.82, 2.24) is 5.43 Å². The number of benzene rings is 4. The van der Waals surface area contributed by atoms with E-state index in [4.69, 9.17) is 21.1 Å². The summed E-state index contributed by atoms with van der Waals surface area (Å²) in [6.07, 6.45) is 1.47. The molecule has 7 heteroatoms. The predicted molar refractivity (Wildman–Crippen MR) is 128 cm³/mol. The van der Waals surface area contributed by atoms with Crippen molar-refractivity contribution in [3.8, 4) is 11.5 Å². The van der Waals surface area contributed by atoms with Crippen LogP contribution in [-0.2, 0) is 0 Å². The monoisotopic (exact) mass is 458 g/mol. The lowest BCUT2D eigenvalue weighted by Crippen LogP contribution is -2.17. The van der Waals surface area contributed by atoms with Crippen LogP contribution in [0.3, 0.4) is 0 Å². The summed E-state index contributed by atoms with van der Waals surface area (Å²) in [5.74, 6) is 0.0572. The molecule has 4 rings (SSSR count). The summed E-state index contributed by atoms with van der Waals surface area (Å²) in [5.41, 5.74) is 3.86. The van der Waals surface area contributed by atoms with E-state index in [1.54, 1.807) is 61.7 Å². The molecule has 0 atom stereocenters. The van der Waals surface area contributed by atoms with E-state index in [0.29, 0.717) is 33.2 Å². The number of rotatable bonds is 6. The highest BCUT2D eigenvalue weighted by Gasteiger charge is 2.14. The zero-order valence-corrected chi connectivity index (χ0v) is 18.4. The molecule has 1 amide bonds. The van der Waals surface area contributed by atoms with Gasteiger partial charge >= 0.3 is 5.97 Å². The summed E-state index contributed by atoms with van der Waals surface area (Å²) in [7, 11) is 1.56. The topological polar surface area (TPSA) is 77.0 Å². The van der Waals surface area contributed by atoms with Gasteiger partial charge in [-0.3, -0.25) is 4.79 Å². The highest BCUT2D eigenvalue weighted by molar-refractivity contribution is 6.30. The summed E-state index contributed by atoms with van der Waals surface area (Å²) in [4.78, 5) is 25.1. The van der Waals surface area contributed by atoms with Gasteiger partial charge in [0.25, 0.3) is 5.91 Å². The number of hydrogen-bond acceptors (Lipinski definition) is 5. The lowest BCUT2D eigenvalue weighted by Gasteiger charge is -2.10. The van der Waals surface area contributed by atoms with Crippen LogP contribution in [0.2, 0.25) is 5.02 Å². The first-order chi connectivity index (χ1) is 16.0. The maximum Gasteiger partial charge on any atom is 0.343 e. The van der Waals surface area contributed by atoms with E-state index in [1.807, 2.05) is 30.3 Å². The number of amides is 1. The minimum absolute atomic E-state index is 0.316. The molecule has 0 aromatic heterocycles. The standard InChI is InChI=1S/C26H19ClN2O4/c1-32-21-13-8-18(9-14-21)25(30)29-28-16-23-22-5-3-2-4-17(22)10-15-24(23)33-26(31)19-6-11-20(27)12-7-19/h2-16H,1H3,(H,29,30). The number of carbonyl (C=O) groups is 2. The number of fused-ring (bicyclic) bond motifs is 1. The first-order valence-electron chi connectivity index (χ1n) is 10.0. The number of esters is 1. The van der Waals surface area contributed by atoms with E-state index in [1.165, 1.54) is 6.21 Å². The van der Waals surface area contributed by atoms with Crippen molar-refractivity contribution in [2.24, 2.45) is 5.10 Å². The molecule has 0 aliphatic rings. The Kier molecular flexibility index (Phi) is 6.66. The van der Waals surface area contributed by atoms with Crippen molar-refractivity contribution in [3.63, 3.8) is 0 Å². The highest BCUT2D eigenvalue weighted by atomic mass is 35.5. The molecule has 0 saturated carbocycles.